The summed E-state index contributed by atoms with van der Waals surface area (Å²) >= 11 is 0. The highest BCUT2D eigenvalue weighted by Crippen LogP contribution is 2.25. The average molecular weight is 292 g/mol. The van der Waals surface area contributed by atoms with Crippen LogP contribution in [-0.4, -0.2) is 46.6 Å². The van der Waals surface area contributed by atoms with Crippen LogP contribution in [0.4, 0.5) is 0 Å². The number of phenolic OH excluding ortho intramolecular Hbond substituents is 2. The summed E-state index contributed by atoms with van der Waals surface area (Å²) in [6.45, 7) is 1.75. The van der Waals surface area contributed by atoms with Crippen LogP contribution in [0.3, 0.4) is 0 Å². The number of carbonyl (C=O) groups is 2. The second-order valence-electron chi connectivity index (χ2n) is 5.12. The van der Waals surface area contributed by atoms with Gasteiger partial charge in [-0.3, -0.25) is 9.59 Å². The van der Waals surface area contributed by atoms with Gasteiger partial charge in [0.2, 0.25) is 5.91 Å². The van der Waals surface area contributed by atoms with E-state index in [1.165, 1.54) is 18.2 Å². The summed E-state index contributed by atoms with van der Waals surface area (Å²) in [5, 5.41) is 21.7. The lowest BCUT2D eigenvalue weighted by atomic mass is 10.1. The average Bonchev–Trinajstić information content (AvgIpc) is 2.48. The van der Waals surface area contributed by atoms with Gasteiger partial charge in [-0.05, 0) is 31.4 Å². The molecule has 0 unspecified atom stereocenters. The molecule has 1 heterocycles. The summed E-state index contributed by atoms with van der Waals surface area (Å²) in [5.41, 5.74) is -0.164. The lowest BCUT2D eigenvalue weighted by molar-refractivity contribution is -0.131. The van der Waals surface area contributed by atoms with Crippen molar-refractivity contribution in [3.05, 3.63) is 23.8 Å². The van der Waals surface area contributed by atoms with Gasteiger partial charge in [-0.2, -0.15) is 0 Å². The van der Waals surface area contributed by atoms with Crippen LogP contribution >= 0.6 is 0 Å². The van der Waals surface area contributed by atoms with Crippen LogP contribution in [-0.2, 0) is 4.79 Å². The molecule has 3 N–H and O–H groups in total. The smallest absolute Gasteiger partial charge is 0.258 e. The highest BCUT2D eigenvalue weighted by Gasteiger charge is 2.18. The van der Waals surface area contributed by atoms with Gasteiger partial charge in [0.25, 0.3) is 5.91 Å². The first-order valence-corrected chi connectivity index (χ1v) is 7.16. The molecule has 6 nitrogen and oxygen atoms in total. The van der Waals surface area contributed by atoms with Crippen molar-refractivity contribution in [2.24, 2.45) is 0 Å². The van der Waals surface area contributed by atoms with Crippen LogP contribution in [0.5, 0.6) is 11.5 Å². The van der Waals surface area contributed by atoms with Crippen LogP contribution < -0.4 is 5.32 Å². The molecule has 1 fully saturated rings. The van der Waals surface area contributed by atoms with Crippen LogP contribution in [0.25, 0.3) is 0 Å². The number of hydrogen-bond donors (Lipinski definition) is 3. The van der Waals surface area contributed by atoms with Crippen molar-refractivity contribution in [3.8, 4) is 11.5 Å². The third kappa shape index (κ3) is 3.87. The van der Waals surface area contributed by atoms with Crippen molar-refractivity contribution in [3.63, 3.8) is 0 Å². The first kappa shape index (κ1) is 15.2. The predicted molar refractivity (Wildman–Crippen MR) is 77.2 cm³/mol. The molecular weight excluding hydrogens is 272 g/mol. The summed E-state index contributed by atoms with van der Waals surface area (Å²) < 4.78 is 0. The van der Waals surface area contributed by atoms with Gasteiger partial charge >= 0.3 is 0 Å². The number of carbonyl (C=O) groups excluding carboxylic acids is 2. The van der Waals surface area contributed by atoms with Gasteiger partial charge in [-0.15, -0.1) is 0 Å². The molecule has 0 saturated carbocycles. The molecule has 0 aromatic heterocycles. The van der Waals surface area contributed by atoms with E-state index >= 15 is 0 Å². The number of amides is 2. The Balaban J connectivity index is 1.83. The van der Waals surface area contributed by atoms with E-state index in [1.54, 1.807) is 0 Å². The maximum atomic E-state index is 11.9. The summed E-state index contributed by atoms with van der Waals surface area (Å²) in [6.07, 6.45) is 3.45. The number of nitrogens with zero attached hydrogens (tertiary/aromatic N) is 1. The number of aromatic hydroxyl groups is 2. The third-order valence-corrected chi connectivity index (χ3v) is 3.58. The van der Waals surface area contributed by atoms with Gasteiger partial charge in [-0.25, -0.2) is 0 Å². The van der Waals surface area contributed by atoms with E-state index in [1.807, 2.05) is 4.90 Å². The van der Waals surface area contributed by atoms with E-state index in [-0.39, 0.29) is 35.9 Å². The molecule has 1 saturated heterocycles. The monoisotopic (exact) mass is 292 g/mol. The zero-order valence-corrected chi connectivity index (χ0v) is 11.8. The summed E-state index contributed by atoms with van der Waals surface area (Å²) in [5.74, 6) is -1.13. The van der Waals surface area contributed by atoms with Crippen LogP contribution in [0.15, 0.2) is 18.2 Å². The number of phenols is 2. The molecule has 1 aromatic rings. The molecule has 0 spiro atoms. The van der Waals surface area contributed by atoms with Crippen molar-refractivity contribution in [2.45, 2.75) is 25.7 Å². The summed E-state index contributed by atoms with van der Waals surface area (Å²) in [6, 6.07) is 4.10. The highest BCUT2D eigenvalue weighted by molar-refractivity contribution is 5.99. The molecule has 6 heteroatoms. The topological polar surface area (TPSA) is 89.9 Å². The fraction of sp³-hybridized carbons (Fsp3) is 0.467. The Kier molecular flexibility index (Phi) is 5.03. The van der Waals surface area contributed by atoms with Crippen molar-refractivity contribution in [1.82, 2.24) is 10.2 Å². The number of rotatable bonds is 4. The normalized spacial score (nSPS) is 14.8. The van der Waals surface area contributed by atoms with Gasteiger partial charge in [0.05, 0.1) is 0 Å². The molecule has 114 valence electrons. The Morgan fingerprint density at radius 1 is 1.10 bits per heavy atom. The Hall–Kier alpha value is -2.24. The lowest BCUT2D eigenvalue weighted by Gasteiger charge is -2.26. The molecule has 0 radical (unpaired) electrons. The van der Waals surface area contributed by atoms with E-state index in [4.69, 9.17) is 0 Å². The fourth-order valence-corrected chi connectivity index (χ4v) is 2.43. The molecular formula is C15H20N2O4. The van der Waals surface area contributed by atoms with Gasteiger partial charge in [0.15, 0.2) is 0 Å². The molecule has 0 aliphatic carbocycles. The summed E-state index contributed by atoms with van der Waals surface area (Å²) in [4.78, 5) is 25.6. The molecule has 21 heavy (non-hydrogen) atoms. The number of nitrogens with one attached hydrogen (secondary N) is 1. The zero-order chi connectivity index (χ0) is 15.2. The molecule has 1 aromatic carbocycles. The van der Waals surface area contributed by atoms with Gasteiger partial charge in [0.1, 0.15) is 17.1 Å². The minimum absolute atomic E-state index is 0.0245. The largest absolute Gasteiger partial charge is 0.507 e. The first-order chi connectivity index (χ1) is 10.1. The molecule has 1 aliphatic rings. The predicted octanol–water partition coefficient (Wildman–Crippen LogP) is 1.23. The van der Waals surface area contributed by atoms with Crippen molar-refractivity contribution in [1.29, 1.82) is 0 Å². The Bertz CT molecular complexity index is 504. The third-order valence-electron chi connectivity index (χ3n) is 3.58. The standard InChI is InChI=1S/C15H20N2O4/c18-11-5-4-6-12(19)14(11)15(21)16-8-7-13(20)17-9-2-1-3-10-17/h4-6,18-19H,1-3,7-10H2,(H,16,21). The first-order valence-electron chi connectivity index (χ1n) is 7.16. The number of hydrogen-bond acceptors (Lipinski definition) is 4. The van der Waals surface area contributed by atoms with Gasteiger partial charge < -0.3 is 20.4 Å². The summed E-state index contributed by atoms with van der Waals surface area (Å²) in [7, 11) is 0. The van der Waals surface area contributed by atoms with Crippen LogP contribution in [0.2, 0.25) is 0 Å². The zero-order valence-electron chi connectivity index (χ0n) is 11.8. The maximum absolute atomic E-state index is 11.9. The highest BCUT2D eigenvalue weighted by atomic mass is 16.3. The lowest BCUT2D eigenvalue weighted by Crippen LogP contribution is -2.37. The van der Waals surface area contributed by atoms with E-state index in [2.05, 4.69) is 5.32 Å². The van der Waals surface area contributed by atoms with E-state index < -0.39 is 5.91 Å². The van der Waals surface area contributed by atoms with E-state index in [0.717, 1.165) is 32.4 Å². The minimum atomic E-state index is -0.586. The molecule has 1 aliphatic heterocycles. The van der Waals surface area contributed by atoms with Gasteiger partial charge in [-0.1, -0.05) is 6.07 Å². The van der Waals surface area contributed by atoms with E-state index in [9.17, 15) is 19.8 Å². The van der Waals surface area contributed by atoms with Crippen LogP contribution in [0, 0.1) is 0 Å². The second kappa shape index (κ2) is 6.97. The number of piperidine rings is 1. The van der Waals surface area contributed by atoms with Crippen molar-refractivity contribution in [2.75, 3.05) is 19.6 Å². The molecule has 2 rings (SSSR count). The van der Waals surface area contributed by atoms with Crippen molar-refractivity contribution >= 4 is 11.8 Å². The molecule has 0 atom stereocenters. The number of benzene rings is 1. The van der Waals surface area contributed by atoms with E-state index in [0.29, 0.717) is 0 Å². The van der Waals surface area contributed by atoms with Crippen LogP contribution in [0.1, 0.15) is 36.0 Å². The quantitative estimate of drug-likeness (QED) is 0.778. The molecule has 2 amide bonds. The maximum Gasteiger partial charge on any atom is 0.258 e. The Morgan fingerprint density at radius 2 is 1.71 bits per heavy atom. The Labute approximate surface area is 123 Å². The van der Waals surface area contributed by atoms with Crippen molar-refractivity contribution < 1.29 is 19.8 Å². The second-order valence-corrected chi connectivity index (χ2v) is 5.12. The minimum Gasteiger partial charge on any atom is -0.507 e. The number of likely N-dealkylation sites (tertiary alicyclic amines) is 1. The fourth-order valence-electron chi connectivity index (χ4n) is 2.43. The SMILES string of the molecule is O=C(NCCC(=O)N1CCCCC1)c1c(O)cccc1O. The molecule has 0 bridgehead atoms. The van der Waals surface area contributed by atoms with Gasteiger partial charge in [0, 0.05) is 26.1 Å². The Morgan fingerprint density at radius 3 is 2.33 bits per heavy atom.